The monoisotopic (exact) mass is 534 g/mol. The van der Waals surface area contributed by atoms with E-state index in [9.17, 15) is 9.18 Å². The van der Waals surface area contributed by atoms with Gasteiger partial charge in [-0.1, -0.05) is 61.5 Å². The number of rotatable bonds is 4. The number of ether oxygens (including phenoxy) is 1. The van der Waals surface area contributed by atoms with Crippen molar-refractivity contribution < 1.29 is 24.1 Å². The van der Waals surface area contributed by atoms with Gasteiger partial charge in [0.15, 0.2) is 0 Å². The van der Waals surface area contributed by atoms with E-state index in [-0.39, 0.29) is 18.5 Å². The number of fused-ring (bicyclic) bond motifs is 1. The summed E-state index contributed by atoms with van der Waals surface area (Å²) in [6.45, 7) is 24.2. The number of aliphatic hydroxyl groups is 2. The van der Waals surface area contributed by atoms with E-state index in [4.69, 9.17) is 10.2 Å². The van der Waals surface area contributed by atoms with Gasteiger partial charge in [0.05, 0.1) is 6.10 Å². The Balaban J connectivity index is -0.000000151. The third kappa shape index (κ3) is 24.4. The smallest absolute Gasteiger partial charge is 0.293 e. The Morgan fingerprint density at radius 2 is 1.59 bits per heavy atom. The number of hydrogen-bond acceptors (Lipinski definition) is 6. The molecule has 3 N–H and O–H groups in total. The third-order valence-corrected chi connectivity index (χ3v) is 4.82. The first-order chi connectivity index (χ1) is 17.9. The topological polar surface area (TPSA) is 82.0 Å². The number of anilines is 1. The highest BCUT2D eigenvalue weighted by Gasteiger charge is 2.27. The Morgan fingerprint density at radius 3 is 1.97 bits per heavy atom. The van der Waals surface area contributed by atoms with Gasteiger partial charge in [0.25, 0.3) is 6.47 Å². The van der Waals surface area contributed by atoms with E-state index < -0.39 is 0 Å². The third-order valence-electron chi connectivity index (χ3n) is 4.82. The van der Waals surface area contributed by atoms with Crippen LogP contribution in [0.2, 0.25) is 0 Å². The van der Waals surface area contributed by atoms with Gasteiger partial charge in [-0.2, -0.15) is 0 Å². The molecule has 0 saturated carbocycles. The second-order valence-electron chi connectivity index (χ2n) is 7.25. The minimum atomic E-state index is -0.139. The zero-order valence-electron chi connectivity index (χ0n) is 26.5. The van der Waals surface area contributed by atoms with Gasteiger partial charge in [0, 0.05) is 32.0 Å². The molecule has 7 heteroatoms. The fraction of sp³-hybridized carbons (Fsp3) is 0.767. The van der Waals surface area contributed by atoms with E-state index in [1.165, 1.54) is 37.8 Å². The lowest BCUT2D eigenvalue weighted by Crippen LogP contribution is -2.28. The summed E-state index contributed by atoms with van der Waals surface area (Å²) in [5.74, 6) is 0.451. The van der Waals surface area contributed by atoms with Crippen LogP contribution in [-0.4, -0.2) is 67.6 Å². The van der Waals surface area contributed by atoms with Crippen LogP contribution in [0.3, 0.4) is 0 Å². The Hall–Kier alpha value is -1.70. The maximum absolute atomic E-state index is 13.2. The Bertz CT molecular complexity index is 560. The number of halogens is 1. The van der Waals surface area contributed by atoms with E-state index in [0.29, 0.717) is 18.4 Å². The highest BCUT2D eigenvalue weighted by atomic mass is 19.1. The maximum atomic E-state index is 13.2. The van der Waals surface area contributed by atoms with Crippen molar-refractivity contribution in [2.75, 3.05) is 39.2 Å². The predicted molar refractivity (Wildman–Crippen MR) is 161 cm³/mol. The minimum absolute atomic E-state index is 0.0301. The van der Waals surface area contributed by atoms with Crippen LogP contribution in [0.25, 0.3) is 0 Å². The number of aliphatic hydroxyl groups excluding tert-OH is 2. The van der Waals surface area contributed by atoms with Crippen molar-refractivity contribution in [2.24, 2.45) is 0 Å². The van der Waals surface area contributed by atoms with Crippen molar-refractivity contribution >= 4 is 12.2 Å². The van der Waals surface area contributed by atoms with Crippen molar-refractivity contribution in [1.29, 1.82) is 0 Å². The molecule has 1 aromatic rings. The van der Waals surface area contributed by atoms with Crippen LogP contribution in [0.1, 0.15) is 113 Å². The molecule has 0 aromatic heterocycles. The number of likely N-dealkylation sites (tertiary alicyclic amines) is 1. The van der Waals surface area contributed by atoms with Crippen molar-refractivity contribution in [2.45, 2.75) is 120 Å². The second kappa shape index (κ2) is 36.5. The number of nitrogens with one attached hydrogen (secondary N) is 1. The molecule has 6 nitrogen and oxygen atoms in total. The molecule has 2 aliphatic heterocycles. The average molecular weight is 535 g/mol. The summed E-state index contributed by atoms with van der Waals surface area (Å²) < 4.78 is 17.6. The van der Waals surface area contributed by atoms with Crippen molar-refractivity contribution in [3.8, 4) is 0 Å². The van der Waals surface area contributed by atoms with E-state index in [2.05, 4.69) is 22.0 Å². The lowest BCUT2D eigenvalue weighted by Gasteiger charge is -2.30. The maximum Gasteiger partial charge on any atom is 0.293 e. The summed E-state index contributed by atoms with van der Waals surface area (Å²) in [5, 5.41) is 17.9. The van der Waals surface area contributed by atoms with Crippen LogP contribution < -0.4 is 5.32 Å². The molecule has 0 aliphatic carbocycles. The number of carbonyl (C=O) groups is 1. The van der Waals surface area contributed by atoms with E-state index in [1.807, 2.05) is 61.5 Å². The van der Waals surface area contributed by atoms with Crippen molar-refractivity contribution in [3.63, 3.8) is 0 Å². The second-order valence-corrected chi connectivity index (χ2v) is 7.25. The quantitative estimate of drug-likeness (QED) is 0.347. The van der Waals surface area contributed by atoms with Gasteiger partial charge in [-0.15, -0.1) is 0 Å². The van der Waals surface area contributed by atoms with Crippen LogP contribution in [0.5, 0.6) is 0 Å². The Morgan fingerprint density at radius 1 is 1.08 bits per heavy atom. The number of carbonyl (C=O) groups excluding carboxylic acids is 1. The molecule has 224 valence electrons. The highest BCUT2D eigenvalue weighted by molar-refractivity contribution is 5.55. The summed E-state index contributed by atoms with van der Waals surface area (Å²) in [5.41, 5.74) is 2.31. The molecule has 0 radical (unpaired) electrons. The first kappa shape index (κ1) is 45.2. The zero-order valence-corrected chi connectivity index (χ0v) is 26.5. The van der Waals surface area contributed by atoms with Crippen LogP contribution in [0.15, 0.2) is 18.2 Å². The highest BCUT2D eigenvalue weighted by Crippen LogP contribution is 2.37. The van der Waals surface area contributed by atoms with Crippen LogP contribution >= 0.6 is 0 Å². The fourth-order valence-corrected chi connectivity index (χ4v) is 3.54. The zero-order chi connectivity index (χ0) is 30.2. The molecule has 2 aliphatic rings. The van der Waals surface area contributed by atoms with E-state index >= 15 is 0 Å². The summed E-state index contributed by atoms with van der Waals surface area (Å²) in [6.07, 6.45) is 5.06. The number of benzene rings is 1. The molecule has 0 spiro atoms. The molecular formula is C30H63FN2O4. The predicted octanol–water partition coefficient (Wildman–Crippen LogP) is 7.49. The number of nitrogens with zero attached hydrogens (tertiary/aromatic N) is 1. The molecule has 2 heterocycles. The molecule has 3 rings (SSSR count). The average Bonchev–Trinajstić information content (AvgIpc) is 3.34. The van der Waals surface area contributed by atoms with E-state index in [0.717, 1.165) is 19.3 Å². The fourth-order valence-electron chi connectivity index (χ4n) is 3.54. The van der Waals surface area contributed by atoms with Gasteiger partial charge in [-0.25, -0.2) is 4.39 Å². The summed E-state index contributed by atoms with van der Waals surface area (Å²) in [4.78, 5) is 11.9. The Labute approximate surface area is 230 Å². The van der Waals surface area contributed by atoms with Gasteiger partial charge < -0.3 is 25.2 Å². The molecule has 1 saturated heterocycles. The van der Waals surface area contributed by atoms with Crippen molar-refractivity contribution in [3.05, 3.63) is 29.6 Å². The minimum Gasteiger partial charge on any atom is -0.465 e. The first-order valence-corrected chi connectivity index (χ1v) is 14.3. The molecular weight excluding hydrogens is 471 g/mol. The van der Waals surface area contributed by atoms with Crippen LogP contribution in [-0.2, 0) is 9.53 Å². The van der Waals surface area contributed by atoms with Gasteiger partial charge in [-0.3, -0.25) is 4.79 Å². The molecule has 1 fully saturated rings. The van der Waals surface area contributed by atoms with Gasteiger partial charge in [-0.05, 0) is 83.7 Å². The van der Waals surface area contributed by atoms with Crippen LogP contribution in [0, 0.1) is 5.82 Å². The summed E-state index contributed by atoms with van der Waals surface area (Å²) in [6, 6.07) is 5.92. The van der Waals surface area contributed by atoms with Gasteiger partial charge >= 0.3 is 0 Å². The van der Waals surface area contributed by atoms with Crippen LogP contribution in [0.4, 0.5) is 10.1 Å². The molecule has 2 unspecified atom stereocenters. The Kier molecular flexibility index (Phi) is 44.6. The molecule has 1 aromatic carbocycles. The number of hydrogen-bond donors (Lipinski definition) is 3. The molecule has 2 atom stereocenters. The SMILES string of the molecule is CC.CC.CC.CC.CC(C)OC=O.CCO.CN1CCCC1CC1CCNc2cc(F)ccc21.CO. The van der Waals surface area contributed by atoms with Crippen molar-refractivity contribution in [1.82, 2.24) is 4.90 Å². The van der Waals surface area contributed by atoms with E-state index in [1.54, 1.807) is 32.9 Å². The lowest BCUT2D eigenvalue weighted by atomic mass is 9.85. The largest absolute Gasteiger partial charge is 0.465 e. The molecule has 0 amide bonds. The molecule has 37 heavy (non-hydrogen) atoms. The first-order valence-electron chi connectivity index (χ1n) is 14.3. The summed E-state index contributed by atoms with van der Waals surface area (Å²) in [7, 11) is 3.23. The molecule has 0 bridgehead atoms. The lowest BCUT2D eigenvalue weighted by molar-refractivity contribution is -0.131. The summed E-state index contributed by atoms with van der Waals surface area (Å²) >= 11 is 0. The standard InChI is InChI=1S/C15H21FN2.C4H8O2.C2H6O.4C2H6.CH4O/c1-18-8-2-3-13(18)9-11-6-7-17-15-10-12(16)4-5-14(11)15;1-4(2)6-3-5;1-2-3;5*1-2/h4-5,10-11,13,17H,2-3,6-9H2,1H3;3-4H,1-2H3;3H,2H2,1H3;4*1-2H3;2H,1H3. The van der Waals surface area contributed by atoms with Gasteiger partial charge in [0.1, 0.15) is 5.82 Å². The van der Waals surface area contributed by atoms with Gasteiger partial charge in [0.2, 0.25) is 0 Å². The normalized spacial score (nSPS) is 16.2.